The molecule has 10 rings (SSSR count). The molecule has 7 aromatic carbocycles. The Morgan fingerprint density at radius 2 is 1.16 bits per heavy atom. The van der Waals surface area contributed by atoms with Crippen molar-refractivity contribution in [1.82, 2.24) is 14.1 Å². The first-order chi connectivity index (χ1) is 33.0. The number of rotatable bonds is 10. The van der Waals surface area contributed by atoms with E-state index in [9.17, 15) is 0 Å². The molecular weight excluding hydrogens is 1040 g/mol. The number of hydrogen-bond acceptors (Lipinski definition) is 2. The van der Waals surface area contributed by atoms with E-state index in [1.165, 1.54) is 33.4 Å². The second kappa shape index (κ2) is 18.5. The maximum Gasteiger partial charge on any atom is 0.267 e. The average molecular weight is 1100 g/mol. The Hall–Kier alpha value is -6.81. The van der Waals surface area contributed by atoms with E-state index in [4.69, 9.17) is 9.72 Å². The third-order valence-corrected chi connectivity index (χ3v) is 13.9. The van der Waals surface area contributed by atoms with Crippen molar-refractivity contribution in [2.75, 3.05) is 0 Å². The van der Waals surface area contributed by atoms with Crippen molar-refractivity contribution in [2.24, 2.45) is 0 Å². The van der Waals surface area contributed by atoms with Gasteiger partial charge in [0.1, 0.15) is 5.82 Å². The third kappa shape index (κ3) is 9.09. The van der Waals surface area contributed by atoms with Gasteiger partial charge in [-0.05, 0) is 85.6 Å². The van der Waals surface area contributed by atoms with E-state index in [1.807, 2.05) is 22.9 Å². The summed E-state index contributed by atoms with van der Waals surface area (Å²) < 4.78 is 13.4. The van der Waals surface area contributed by atoms with Crippen LogP contribution in [0.25, 0.3) is 50.1 Å². The van der Waals surface area contributed by atoms with Gasteiger partial charge >= 0.3 is 0 Å². The Bertz CT molecular complexity index is 3480. The van der Waals surface area contributed by atoms with Crippen molar-refractivity contribution in [3.63, 3.8) is 0 Å². The molecule has 0 amide bonds. The number of nitrogens with zero attached hydrogens (tertiary/aromatic N) is 4. The van der Waals surface area contributed by atoms with Gasteiger partial charge in [0.2, 0.25) is 0 Å². The predicted octanol–water partition coefficient (Wildman–Crippen LogP) is 15.4. The second-order valence-corrected chi connectivity index (χ2v) is 21.5. The molecule has 0 aliphatic heterocycles. The van der Waals surface area contributed by atoms with Crippen LogP contribution in [0.2, 0.25) is 0 Å². The maximum absolute atomic E-state index is 6.88. The Labute approximate surface area is 428 Å². The van der Waals surface area contributed by atoms with Gasteiger partial charge in [-0.15, -0.1) is 29.8 Å². The summed E-state index contributed by atoms with van der Waals surface area (Å²) in [5.41, 5.74) is 12.4. The SMILES string of the molecule is CC(C)(C)c1cc(Oc2[c-]c(-n3[c-][n+](-c4cc(-c5ccccc5)cc(C(C)(C)c5ccccc5)c4)c(C(C)(C)C)c3)ccc2)[c-]c2c1c1ccccc1n2-c1cc(C(C)(C)c2ccccc2)ccn1.[Pt]. The molecular formula is C64H60N4OPt-2. The first kappa shape index (κ1) is 48.2. The molecule has 0 aliphatic rings. The van der Waals surface area contributed by atoms with Gasteiger partial charge < -0.3 is 13.9 Å². The Morgan fingerprint density at radius 3 is 1.81 bits per heavy atom. The zero-order chi connectivity index (χ0) is 48.3. The van der Waals surface area contributed by atoms with Gasteiger partial charge in [-0.25, -0.2) is 4.98 Å². The number of benzene rings is 7. The topological polar surface area (TPSA) is 35.9 Å². The quantitative estimate of drug-likeness (QED) is 0.101. The van der Waals surface area contributed by atoms with Crippen molar-refractivity contribution < 1.29 is 30.4 Å². The second-order valence-electron chi connectivity index (χ2n) is 21.5. The van der Waals surface area contributed by atoms with Crippen molar-refractivity contribution in [3.8, 4) is 39.8 Å². The van der Waals surface area contributed by atoms with Gasteiger partial charge in [0.15, 0.2) is 0 Å². The van der Waals surface area contributed by atoms with E-state index in [1.54, 1.807) is 0 Å². The molecule has 3 heterocycles. The van der Waals surface area contributed by atoms with E-state index in [0.717, 1.165) is 50.3 Å². The van der Waals surface area contributed by atoms with Crippen molar-refractivity contribution in [3.05, 3.63) is 234 Å². The van der Waals surface area contributed by atoms with Gasteiger partial charge in [-0.1, -0.05) is 195 Å². The number of para-hydroxylation sites is 1. The molecule has 3 aromatic heterocycles. The summed E-state index contributed by atoms with van der Waals surface area (Å²) in [6.07, 6.45) is 7.87. The monoisotopic (exact) mass is 1100 g/mol. The minimum absolute atomic E-state index is 0. The first-order valence-electron chi connectivity index (χ1n) is 24.0. The van der Waals surface area contributed by atoms with E-state index in [0.29, 0.717) is 11.5 Å². The first-order valence-corrected chi connectivity index (χ1v) is 24.0. The summed E-state index contributed by atoms with van der Waals surface area (Å²) in [5, 5.41) is 2.30. The van der Waals surface area contributed by atoms with Crippen molar-refractivity contribution in [2.45, 2.75) is 90.9 Å². The van der Waals surface area contributed by atoms with Gasteiger partial charge in [0.05, 0.1) is 11.4 Å². The van der Waals surface area contributed by atoms with Gasteiger partial charge in [0.25, 0.3) is 6.33 Å². The van der Waals surface area contributed by atoms with Crippen LogP contribution in [0.3, 0.4) is 0 Å². The van der Waals surface area contributed by atoms with Crippen LogP contribution in [-0.2, 0) is 42.7 Å². The zero-order valence-electron chi connectivity index (χ0n) is 41.8. The smallest absolute Gasteiger partial charge is 0.267 e. The number of pyridine rings is 1. The van der Waals surface area contributed by atoms with Crippen molar-refractivity contribution >= 4 is 21.8 Å². The van der Waals surface area contributed by atoms with Crippen LogP contribution in [0.4, 0.5) is 0 Å². The molecule has 70 heavy (non-hydrogen) atoms. The van der Waals surface area contributed by atoms with Crippen molar-refractivity contribution in [1.29, 1.82) is 0 Å². The van der Waals surface area contributed by atoms with Crippen LogP contribution in [0.1, 0.15) is 103 Å². The molecule has 0 saturated heterocycles. The molecule has 0 spiro atoms. The van der Waals surface area contributed by atoms with Gasteiger partial charge in [-0.2, -0.15) is 12.1 Å². The summed E-state index contributed by atoms with van der Waals surface area (Å²) in [4.78, 5) is 5.03. The fourth-order valence-corrected chi connectivity index (χ4v) is 9.72. The van der Waals surface area contributed by atoms with E-state index < -0.39 is 0 Å². The Morgan fingerprint density at radius 1 is 0.529 bits per heavy atom. The number of imidazole rings is 1. The fourth-order valence-electron chi connectivity index (χ4n) is 9.72. The number of fused-ring (bicyclic) bond motifs is 3. The molecule has 0 aliphatic carbocycles. The Balaban J connectivity index is 0.00000608. The number of ether oxygens (including phenoxy) is 1. The van der Waals surface area contributed by atoms with E-state index in [2.05, 4.69) is 261 Å². The molecule has 354 valence electrons. The minimum Gasteiger partial charge on any atom is -0.510 e. The molecule has 0 radical (unpaired) electrons. The van der Waals surface area contributed by atoms with Crippen LogP contribution >= 0.6 is 0 Å². The molecule has 0 fully saturated rings. The Kier molecular flexibility index (Phi) is 12.7. The molecule has 0 N–H and O–H groups in total. The fraction of sp³-hybridized carbons (Fsp3) is 0.219. The zero-order valence-corrected chi connectivity index (χ0v) is 44.1. The summed E-state index contributed by atoms with van der Waals surface area (Å²) in [7, 11) is 0. The maximum atomic E-state index is 6.88. The molecule has 0 bridgehead atoms. The van der Waals surface area contributed by atoms with Crippen LogP contribution < -0.4 is 9.30 Å². The summed E-state index contributed by atoms with van der Waals surface area (Å²) in [6, 6.07) is 67.6. The van der Waals surface area contributed by atoms with Crippen LogP contribution in [-0.4, -0.2) is 14.1 Å². The standard InChI is InChI=1S/C64H60N4O.Pt/c1-61(2,3)55-40-53(41-57-60(55)54-31-20-21-32-56(54)68(57)59-38-48(33-34-65-59)63(7,8)46-25-16-12-17-26-46)69-52-30-22-29-50(39-52)66-42-58(62(4,5)6)67(43-66)51-36-45(44-23-14-11-15-24-44)35-49(37-51)64(9,10)47-27-18-13-19-28-47;/h11-38,40,42H,1-10H3;/q-2;. The molecule has 0 atom stereocenters. The average Bonchev–Trinajstić information content (AvgIpc) is 3.96. The number of hydrogen-bond donors (Lipinski definition) is 0. The van der Waals surface area contributed by atoms with Crippen LogP contribution in [0, 0.1) is 18.5 Å². The van der Waals surface area contributed by atoms with E-state index >= 15 is 0 Å². The van der Waals surface area contributed by atoms with Crippen LogP contribution in [0.5, 0.6) is 11.5 Å². The molecule has 0 unspecified atom stereocenters. The summed E-state index contributed by atoms with van der Waals surface area (Å²) in [6.45, 7) is 22.7. The number of aromatic nitrogens is 4. The minimum atomic E-state index is -0.258. The third-order valence-electron chi connectivity index (χ3n) is 13.9. The largest absolute Gasteiger partial charge is 0.510 e. The van der Waals surface area contributed by atoms with Gasteiger partial charge in [0, 0.05) is 61.3 Å². The van der Waals surface area contributed by atoms with E-state index in [-0.39, 0.29) is 42.7 Å². The normalized spacial score (nSPS) is 12.3. The molecule has 6 heteroatoms. The van der Waals surface area contributed by atoms with Crippen LogP contribution in [0.15, 0.2) is 182 Å². The van der Waals surface area contributed by atoms with Gasteiger partial charge in [-0.3, -0.25) is 4.57 Å². The molecule has 0 saturated carbocycles. The summed E-state index contributed by atoms with van der Waals surface area (Å²) in [5.74, 6) is 2.03. The predicted molar refractivity (Wildman–Crippen MR) is 282 cm³/mol. The molecule has 5 nitrogen and oxygen atoms in total. The summed E-state index contributed by atoms with van der Waals surface area (Å²) >= 11 is 0. The molecule has 10 aromatic rings.